The van der Waals surface area contributed by atoms with E-state index in [1.807, 2.05) is 4.90 Å². The van der Waals surface area contributed by atoms with Gasteiger partial charge in [-0.25, -0.2) is 9.37 Å². The summed E-state index contributed by atoms with van der Waals surface area (Å²) in [6.07, 6.45) is -3.09. The SMILES string of the molecule is CN=C[C@@H]1C[C@H](F)CN1C(=O)CN1CCC(Oc2cc(C(F)(F)F)nc3c(OC)cccc23)CC1. The number of ether oxygens (including phenoxy) is 2. The quantitative estimate of drug-likeness (QED) is 0.450. The lowest BCUT2D eigenvalue weighted by Gasteiger charge is -2.33. The number of aromatic nitrogens is 1. The summed E-state index contributed by atoms with van der Waals surface area (Å²) in [5.74, 6) is 0.176. The Hall–Kier alpha value is -2.95. The van der Waals surface area contributed by atoms with Crippen molar-refractivity contribution in [3.8, 4) is 11.5 Å². The maximum absolute atomic E-state index is 13.8. The molecule has 3 heterocycles. The topological polar surface area (TPSA) is 67.3 Å². The van der Waals surface area contributed by atoms with Crippen molar-refractivity contribution in [2.24, 2.45) is 4.99 Å². The van der Waals surface area contributed by atoms with E-state index in [9.17, 15) is 22.4 Å². The lowest BCUT2D eigenvalue weighted by Crippen LogP contribution is -2.46. The Labute approximate surface area is 200 Å². The van der Waals surface area contributed by atoms with Crippen molar-refractivity contribution in [3.05, 3.63) is 30.0 Å². The molecule has 2 aliphatic heterocycles. The van der Waals surface area contributed by atoms with E-state index in [1.165, 1.54) is 12.0 Å². The molecule has 0 spiro atoms. The van der Waals surface area contributed by atoms with Gasteiger partial charge in [0.05, 0.1) is 26.2 Å². The summed E-state index contributed by atoms with van der Waals surface area (Å²) in [5, 5.41) is 0.438. The van der Waals surface area contributed by atoms with E-state index in [0.29, 0.717) is 31.3 Å². The number of piperidine rings is 1. The van der Waals surface area contributed by atoms with Gasteiger partial charge in [-0.2, -0.15) is 13.2 Å². The monoisotopic (exact) mass is 496 g/mol. The highest BCUT2D eigenvalue weighted by molar-refractivity contribution is 5.90. The number of fused-ring (bicyclic) bond motifs is 1. The third kappa shape index (κ3) is 5.66. The standard InChI is InChI=1S/C24H28F4N4O3/c1-29-12-16-10-15(25)13-32(16)22(33)14-31-8-6-17(7-9-31)35-20-11-21(24(26,27)28)30-23-18(20)4-3-5-19(23)34-2/h3-5,11-12,15-17H,6-10,13-14H2,1-2H3/t15-,16-/m0/s1. The van der Waals surface area contributed by atoms with Crippen LogP contribution >= 0.6 is 0 Å². The summed E-state index contributed by atoms with van der Waals surface area (Å²) in [7, 11) is 2.97. The highest BCUT2D eigenvalue weighted by atomic mass is 19.4. The molecular formula is C24H28F4N4O3. The van der Waals surface area contributed by atoms with Gasteiger partial charge in [-0.3, -0.25) is 14.7 Å². The molecule has 4 rings (SSSR count). The first-order valence-electron chi connectivity index (χ1n) is 11.5. The molecule has 0 aliphatic carbocycles. The van der Waals surface area contributed by atoms with Crippen LogP contribution in [0.3, 0.4) is 0 Å². The Morgan fingerprint density at radius 2 is 2.00 bits per heavy atom. The number of nitrogens with zero attached hydrogens (tertiary/aromatic N) is 4. The molecule has 2 fully saturated rings. The number of amides is 1. The van der Waals surface area contributed by atoms with E-state index in [4.69, 9.17) is 9.47 Å². The van der Waals surface area contributed by atoms with E-state index >= 15 is 0 Å². The summed E-state index contributed by atoms with van der Waals surface area (Å²) >= 11 is 0. The Morgan fingerprint density at radius 3 is 2.66 bits per heavy atom. The van der Waals surface area contributed by atoms with Crippen molar-refractivity contribution in [2.75, 3.05) is 40.3 Å². The molecule has 2 atom stereocenters. The fourth-order valence-corrected chi connectivity index (χ4v) is 4.66. The third-order valence-electron chi connectivity index (χ3n) is 6.40. The number of alkyl halides is 4. The van der Waals surface area contributed by atoms with Gasteiger partial charge in [-0.15, -0.1) is 0 Å². The van der Waals surface area contributed by atoms with Gasteiger partial charge in [-0.05, 0) is 25.0 Å². The summed E-state index contributed by atoms with van der Waals surface area (Å²) < 4.78 is 65.5. The first-order valence-corrected chi connectivity index (χ1v) is 11.5. The van der Waals surface area contributed by atoms with Gasteiger partial charge in [0.2, 0.25) is 5.91 Å². The van der Waals surface area contributed by atoms with E-state index < -0.39 is 18.0 Å². The van der Waals surface area contributed by atoms with Crippen molar-refractivity contribution in [1.82, 2.24) is 14.8 Å². The van der Waals surface area contributed by atoms with Crippen LogP contribution in [0.2, 0.25) is 0 Å². The van der Waals surface area contributed by atoms with Crippen molar-refractivity contribution >= 4 is 23.0 Å². The smallest absolute Gasteiger partial charge is 0.433 e. The molecule has 190 valence electrons. The van der Waals surface area contributed by atoms with E-state index in [-0.39, 0.29) is 54.6 Å². The lowest BCUT2D eigenvalue weighted by molar-refractivity contribution is -0.141. The maximum atomic E-state index is 13.8. The van der Waals surface area contributed by atoms with Crippen molar-refractivity contribution in [1.29, 1.82) is 0 Å². The van der Waals surface area contributed by atoms with Crippen LogP contribution in [0.15, 0.2) is 29.3 Å². The number of halogens is 4. The molecule has 0 saturated carbocycles. The van der Waals surface area contributed by atoms with Gasteiger partial charge in [0, 0.05) is 44.2 Å². The number of para-hydroxylation sites is 1. The molecular weight excluding hydrogens is 468 g/mol. The average molecular weight is 497 g/mol. The fraction of sp³-hybridized carbons (Fsp3) is 0.542. The van der Waals surface area contributed by atoms with Crippen LogP contribution in [0.5, 0.6) is 11.5 Å². The van der Waals surface area contributed by atoms with Crippen molar-refractivity contribution in [3.63, 3.8) is 0 Å². The number of benzene rings is 1. The van der Waals surface area contributed by atoms with E-state index in [2.05, 4.69) is 9.98 Å². The molecule has 7 nitrogen and oxygen atoms in total. The first kappa shape index (κ1) is 25.2. The van der Waals surface area contributed by atoms with Crippen molar-refractivity contribution in [2.45, 2.75) is 43.8 Å². The second kappa shape index (κ2) is 10.3. The number of hydrogen-bond donors (Lipinski definition) is 0. The van der Waals surface area contributed by atoms with Gasteiger partial charge >= 0.3 is 6.18 Å². The van der Waals surface area contributed by atoms with Crippen molar-refractivity contribution < 1.29 is 31.8 Å². The van der Waals surface area contributed by atoms with Crippen LogP contribution in [0.1, 0.15) is 25.0 Å². The number of carbonyl (C=O) groups is 1. The van der Waals surface area contributed by atoms with Crippen LogP contribution in [0, 0.1) is 0 Å². The number of methoxy groups -OCH3 is 1. The van der Waals surface area contributed by atoms with Gasteiger partial charge < -0.3 is 14.4 Å². The number of likely N-dealkylation sites (tertiary alicyclic amines) is 2. The molecule has 2 aliphatic rings. The zero-order valence-corrected chi connectivity index (χ0v) is 19.6. The molecule has 1 amide bonds. The second-order valence-corrected chi connectivity index (χ2v) is 8.81. The molecule has 1 aromatic carbocycles. The highest BCUT2D eigenvalue weighted by Crippen LogP contribution is 2.38. The van der Waals surface area contributed by atoms with Crippen LogP contribution in [0.25, 0.3) is 10.9 Å². The lowest BCUT2D eigenvalue weighted by atomic mass is 10.1. The average Bonchev–Trinajstić information content (AvgIpc) is 3.19. The molecule has 2 saturated heterocycles. The summed E-state index contributed by atoms with van der Waals surface area (Å²) in [4.78, 5) is 23.9. The van der Waals surface area contributed by atoms with Gasteiger partial charge in [0.25, 0.3) is 0 Å². The van der Waals surface area contributed by atoms with Crippen LogP contribution < -0.4 is 9.47 Å². The Kier molecular flexibility index (Phi) is 7.44. The number of aliphatic imine (C=N–C) groups is 1. The highest BCUT2D eigenvalue weighted by Gasteiger charge is 2.36. The van der Waals surface area contributed by atoms with Gasteiger partial charge in [0.15, 0.2) is 0 Å². The van der Waals surface area contributed by atoms with Gasteiger partial charge in [-0.1, -0.05) is 6.07 Å². The molecule has 35 heavy (non-hydrogen) atoms. The second-order valence-electron chi connectivity index (χ2n) is 8.81. The van der Waals surface area contributed by atoms with Crippen LogP contribution in [0.4, 0.5) is 17.6 Å². The predicted molar refractivity (Wildman–Crippen MR) is 123 cm³/mol. The van der Waals surface area contributed by atoms with E-state index in [0.717, 1.165) is 6.07 Å². The minimum absolute atomic E-state index is 0.0647. The minimum atomic E-state index is -4.63. The number of carbonyl (C=O) groups excluding carboxylic acids is 1. The molecule has 11 heteroatoms. The van der Waals surface area contributed by atoms with Gasteiger partial charge in [0.1, 0.15) is 35.0 Å². The Balaban J connectivity index is 1.43. The summed E-state index contributed by atoms with van der Waals surface area (Å²) in [6, 6.07) is 5.47. The molecule has 0 unspecified atom stereocenters. The zero-order valence-electron chi connectivity index (χ0n) is 19.6. The largest absolute Gasteiger partial charge is 0.494 e. The summed E-state index contributed by atoms with van der Waals surface area (Å²) in [5.41, 5.74) is -0.959. The predicted octanol–water partition coefficient (Wildman–Crippen LogP) is 3.75. The molecule has 0 bridgehead atoms. The van der Waals surface area contributed by atoms with Crippen LogP contribution in [-0.2, 0) is 11.0 Å². The number of pyridine rings is 1. The summed E-state index contributed by atoms with van der Waals surface area (Å²) in [6.45, 7) is 1.29. The molecule has 1 aromatic heterocycles. The molecule has 0 N–H and O–H groups in total. The van der Waals surface area contributed by atoms with E-state index in [1.54, 1.807) is 31.5 Å². The normalized spacial score (nSPS) is 22.3. The molecule has 2 aromatic rings. The Bertz CT molecular complexity index is 1090. The Morgan fingerprint density at radius 1 is 1.26 bits per heavy atom. The molecule has 0 radical (unpaired) electrons. The first-order chi connectivity index (χ1) is 16.7. The minimum Gasteiger partial charge on any atom is -0.494 e. The number of hydrogen-bond acceptors (Lipinski definition) is 6. The fourth-order valence-electron chi connectivity index (χ4n) is 4.66. The number of rotatable bonds is 6. The third-order valence-corrected chi connectivity index (χ3v) is 6.40. The van der Waals surface area contributed by atoms with Crippen LogP contribution in [-0.4, -0.2) is 85.6 Å². The zero-order chi connectivity index (χ0) is 25.2. The maximum Gasteiger partial charge on any atom is 0.433 e.